The van der Waals surface area contributed by atoms with Gasteiger partial charge in [0.1, 0.15) is 0 Å². The molecule has 10 heteroatoms. The fourth-order valence-corrected chi connectivity index (χ4v) is 2.74. The summed E-state index contributed by atoms with van der Waals surface area (Å²) in [6, 6.07) is 15.5. The molecule has 0 spiro atoms. The Kier molecular flexibility index (Phi) is 7.42. The molecular formula is C22H21N5O5. The number of aryl methyl sites for hydroxylation is 1. The standard InChI is InChI=1S/C22H21N5O5/c1-3-31-21(29)17-11-7-8-12-18(17)23-20(28)14-32-22(30)19(27-15(2)24-25-26-27)13-16-9-5-4-6-10-16/h4-13H,3,14H2,1-2H3,(H,23,28)/b19-13-. The second-order valence-corrected chi connectivity index (χ2v) is 6.47. The quantitative estimate of drug-likeness (QED) is 0.422. The zero-order valence-corrected chi connectivity index (χ0v) is 17.5. The maximum absolute atomic E-state index is 12.8. The van der Waals surface area contributed by atoms with E-state index < -0.39 is 24.5 Å². The molecule has 3 rings (SSSR count). The van der Waals surface area contributed by atoms with Crippen LogP contribution in [0.5, 0.6) is 0 Å². The average molecular weight is 435 g/mol. The second-order valence-electron chi connectivity index (χ2n) is 6.47. The molecular weight excluding hydrogens is 414 g/mol. The molecule has 0 aliphatic rings. The number of para-hydroxylation sites is 1. The molecule has 1 N–H and O–H groups in total. The zero-order valence-electron chi connectivity index (χ0n) is 17.5. The van der Waals surface area contributed by atoms with E-state index in [2.05, 4.69) is 20.8 Å². The number of carbonyl (C=O) groups excluding carboxylic acids is 3. The van der Waals surface area contributed by atoms with Crippen LogP contribution in [0.3, 0.4) is 0 Å². The molecule has 0 bridgehead atoms. The monoisotopic (exact) mass is 435 g/mol. The Morgan fingerprint density at radius 1 is 1.03 bits per heavy atom. The van der Waals surface area contributed by atoms with Gasteiger partial charge in [0, 0.05) is 0 Å². The van der Waals surface area contributed by atoms with Gasteiger partial charge in [-0.05, 0) is 48.0 Å². The first-order valence-corrected chi connectivity index (χ1v) is 9.74. The van der Waals surface area contributed by atoms with Crippen molar-refractivity contribution >= 4 is 35.3 Å². The predicted octanol–water partition coefficient (Wildman–Crippen LogP) is 2.34. The summed E-state index contributed by atoms with van der Waals surface area (Å²) in [5, 5.41) is 13.7. The number of ether oxygens (including phenoxy) is 2. The number of hydrogen-bond acceptors (Lipinski definition) is 8. The lowest BCUT2D eigenvalue weighted by atomic mass is 10.2. The lowest BCUT2D eigenvalue weighted by molar-refractivity contribution is -0.141. The van der Waals surface area contributed by atoms with Crippen molar-refractivity contribution in [2.45, 2.75) is 13.8 Å². The first kappa shape index (κ1) is 22.3. The number of esters is 2. The van der Waals surface area contributed by atoms with Crippen LogP contribution in [0.1, 0.15) is 28.7 Å². The third-order valence-corrected chi connectivity index (χ3v) is 4.20. The highest BCUT2D eigenvalue weighted by molar-refractivity contribution is 6.15. The number of anilines is 1. The van der Waals surface area contributed by atoms with Gasteiger partial charge in [0.15, 0.2) is 18.1 Å². The van der Waals surface area contributed by atoms with E-state index in [-0.39, 0.29) is 23.6 Å². The summed E-state index contributed by atoms with van der Waals surface area (Å²) in [6.45, 7) is 2.94. The molecule has 0 radical (unpaired) electrons. The summed E-state index contributed by atoms with van der Waals surface area (Å²) in [4.78, 5) is 37.2. The van der Waals surface area contributed by atoms with Gasteiger partial charge >= 0.3 is 11.9 Å². The number of rotatable bonds is 8. The van der Waals surface area contributed by atoms with Gasteiger partial charge in [-0.2, -0.15) is 4.68 Å². The molecule has 0 fully saturated rings. The van der Waals surface area contributed by atoms with Gasteiger partial charge in [0.25, 0.3) is 5.91 Å². The van der Waals surface area contributed by atoms with Gasteiger partial charge in [-0.15, -0.1) is 5.10 Å². The molecule has 2 aromatic carbocycles. The lowest BCUT2D eigenvalue weighted by Gasteiger charge is -2.11. The van der Waals surface area contributed by atoms with Gasteiger partial charge in [0.05, 0.1) is 17.9 Å². The number of benzene rings is 2. The molecule has 164 valence electrons. The SMILES string of the molecule is CCOC(=O)c1ccccc1NC(=O)COC(=O)/C(=C/c1ccccc1)n1nnnc1C. The summed E-state index contributed by atoms with van der Waals surface area (Å²) in [5.74, 6) is -1.61. The first-order chi connectivity index (χ1) is 15.5. The van der Waals surface area contributed by atoms with Crippen LogP contribution in [-0.2, 0) is 19.1 Å². The molecule has 1 amide bonds. The Morgan fingerprint density at radius 2 is 1.75 bits per heavy atom. The second kappa shape index (κ2) is 10.6. The maximum Gasteiger partial charge on any atom is 0.357 e. The highest BCUT2D eigenvalue weighted by Crippen LogP contribution is 2.17. The number of carbonyl (C=O) groups is 3. The van der Waals surface area contributed by atoms with Gasteiger partial charge < -0.3 is 14.8 Å². The van der Waals surface area contributed by atoms with Crippen LogP contribution in [0.2, 0.25) is 0 Å². The van der Waals surface area contributed by atoms with Gasteiger partial charge in [0.2, 0.25) is 0 Å². The summed E-state index contributed by atoms with van der Waals surface area (Å²) in [6.07, 6.45) is 1.56. The summed E-state index contributed by atoms with van der Waals surface area (Å²) in [7, 11) is 0. The van der Waals surface area contributed by atoms with Crippen LogP contribution in [0.4, 0.5) is 5.69 Å². The topological polar surface area (TPSA) is 125 Å². The van der Waals surface area contributed by atoms with Crippen molar-refractivity contribution < 1.29 is 23.9 Å². The highest BCUT2D eigenvalue weighted by Gasteiger charge is 2.20. The van der Waals surface area contributed by atoms with Crippen molar-refractivity contribution in [3.63, 3.8) is 0 Å². The summed E-state index contributed by atoms with van der Waals surface area (Å²) >= 11 is 0. The number of nitrogens with zero attached hydrogens (tertiary/aromatic N) is 4. The average Bonchev–Trinajstić information content (AvgIpc) is 3.22. The highest BCUT2D eigenvalue weighted by atomic mass is 16.5. The van der Waals surface area contributed by atoms with Crippen LogP contribution in [0, 0.1) is 6.92 Å². The Morgan fingerprint density at radius 3 is 2.44 bits per heavy atom. The molecule has 0 atom stereocenters. The molecule has 0 saturated heterocycles. The lowest BCUT2D eigenvalue weighted by Crippen LogP contribution is -2.24. The number of amides is 1. The molecule has 0 saturated carbocycles. The van der Waals surface area contributed by atoms with E-state index in [0.717, 1.165) is 5.56 Å². The minimum Gasteiger partial charge on any atom is -0.462 e. The Labute approximate surface area is 183 Å². The fraction of sp³-hybridized carbons (Fsp3) is 0.182. The third-order valence-electron chi connectivity index (χ3n) is 4.20. The number of aromatic nitrogens is 4. The van der Waals surface area contributed by atoms with Crippen LogP contribution in [0.15, 0.2) is 54.6 Å². The molecule has 32 heavy (non-hydrogen) atoms. The molecule has 3 aromatic rings. The maximum atomic E-state index is 12.8. The largest absolute Gasteiger partial charge is 0.462 e. The molecule has 0 unspecified atom stereocenters. The number of nitrogens with one attached hydrogen (secondary N) is 1. The number of tetrazole rings is 1. The zero-order chi connectivity index (χ0) is 22.9. The van der Waals surface area contributed by atoms with Crippen molar-refractivity contribution in [2.75, 3.05) is 18.5 Å². The van der Waals surface area contributed by atoms with Crippen LogP contribution in [0.25, 0.3) is 11.8 Å². The smallest absolute Gasteiger partial charge is 0.357 e. The van der Waals surface area contributed by atoms with Gasteiger partial charge in [-0.1, -0.05) is 42.5 Å². The van der Waals surface area contributed by atoms with Crippen molar-refractivity contribution in [3.05, 3.63) is 71.5 Å². The third kappa shape index (κ3) is 5.63. The Bertz CT molecular complexity index is 1140. The van der Waals surface area contributed by atoms with Gasteiger partial charge in [-0.25, -0.2) is 9.59 Å². The summed E-state index contributed by atoms with van der Waals surface area (Å²) in [5.41, 5.74) is 1.21. The van der Waals surface area contributed by atoms with Crippen molar-refractivity contribution in [1.82, 2.24) is 20.2 Å². The number of hydrogen-bond donors (Lipinski definition) is 1. The van der Waals surface area contributed by atoms with E-state index in [4.69, 9.17) is 9.47 Å². The normalized spacial score (nSPS) is 11.0. The minimum atomic E-state index is -0.793. The van der Waals surface area contributed by atoms with E-state index in [1.807, 2.05) is 18.2 Å². The fourth-order valence-electron chi connectivity index (χ4n) is 2.74. The minimum absolute atomic E-state index is 0.0402. The van der Waals surface area contributed by atoms with Crippen molar-refractivity contribution in [2.24, 2.45) is 0 Å². The molecule has 1 aromatic heterocycles. The van der Waals surface area contributed by atoms with Crippen LogP contribution < -0.4 is 5.32 Å². The Balaban J connectivity index is 1.72. The molecule has 10 nitrogen and oxygen atoms in total. The van der Waals surface area contributed by atoms with Crippen LogP contribution in [-0.4, -0.2) is 51.3 Å². The molecule has 0 aliphatic heterocycles. The van der Waals surface area contributed by atoms with Crippen molar-refractivity contribution in [3.8, 4) is 0 Å². The van der Waals surface area contributed by atoms with Crippen LogP contribution >= 0.6 is 0 Å². The van der Waals surface area contributed by atoms with E-state index in [1.165, 1.54) is 10.7 Å². The van der Waals surface area contributed by atoms with Crippen molar-refractivity contribution in [1.29, 1.82) is 0 Å². The van der Waals surface area contributed by atoms with Gasteiger partial charge in [-0.3, -0.25) is 4.79 Å². The molecule has 0 aliphatic carbocycles. The van der Waals surface area contributed by atoms with E-state index in [0.29, 0.717) is 5.82 Å². The molecule has 1 heterocycles. The first-order valence-electron chi connectivity index (χ1n) is 9.74. The van der Waals surface area contributed by atoms with E-state index >= 15 is 0 Å². The predicted molar refractivity (Wildman–Crippen MR) is 115 cm³/mol. The van der Waals surface area contributed by atoms with E-state index in [1.54, 1.807) is 50.3 Å². The summed E-state index contributed by atoms with van der Waals surface area (Å²) < 4.78 is 11.4. The van der Waals surface area contributed by atoms with E-state index in [9.17, 15) is 14.4 Å². The Hall–Kier alpha value is -4.34.